The average Bonchev–Trinajstić information content (AvgIpc) is 2.17. The molecule has 0 heterocycles. The molecule has 0 aliphatic heterocycles. The smallest absolute Gasteiger partial charge is 0.362 e. The average molecular weight is 209 g/mol. The van der Waals surface area contributed by atoms with Gasteiger partial charge in [-0.1, -0.05) is 30.3 Å². The first kappa shape index (κ1) is 11.7. The Morgan fingerprint density at radius 1 is 1.47 bits per heavy atom. The summed E-state index contributed by atoms with van der Waals surface area (Å²) in [5.74, 6) is -1.07. The normalized spacial score (nSPS) is 16.7. The molecule has 15 heavy (non-hydrogen) atoms. The first-order chi connectivity index (χ1) is 6.93. The lowest BCUT2D eigenvalue weighted by Gasteiger charge is -2.41. The molecular formula is C11H15NO3. The summed E-state index contributed by atoms with van der Waals surface area (Å²) < 4.78 is -0.792. The number of carboxylic acids is 1. The van der Waals surface area contributed by atoms with E-state index in [-0.39, 0.29) is 6.54 Å². The highest BCUT2D eigenvalue weighted by Gasteiger charge is 2.26. The molecule has 1 N–H and O–H groups in total. The van der Waals surface area contributed by atoms with Gasteiger partial charge in [0.05, 0.1) is 7.05 Å². The zero-order valence-corrected chi connectivity index (χ0v) is 8.88. The number of carbonyl (C=O) groups is 1. The van der Waals surface area contributed by atoms with Crippen molar-refractivity contribution in [3.05, 3.63) is 41.1 Å². The number of hydrogen-bond acceptors (Lipinski definition) is 2. The van der Waals surface area contributed by atoms with Crippen LogP contribution in [0.25, 0.3) is 0 Å². The summed E-state index contributed by atoms with van der Waals surface area (Å²) in [5, 5.41) is 20.8. The molecule has 2 atom stereocenters. The highest BCUT2D eigenvalue weighted by Crippen LogP contribution is 2.14. The third-order valence-corrected chi connectivity index (χ3v) is 2.52. The first-order valence-electron chi connectivity index (χ1n) is 4.76. The van der Waals surface area contributed by atoms with Gasteiger partial charge in [-0.25, -0.2) is 4.79 Å². The van der Waals surface area contributed by atoms with Gasteiger partial charge >= 0.3 is 5.97 Å². The molecule has 4 nitrogen and oxygen atoms in total. The number of carboxylic acid groups (broad SMARTS) is 1. The summed E-state index contributed by atoms with van der Waals surface area (Å²) >= 11 is 0. The first-order valence-corrected chi connectivity index (χ1v) is 4.76. The zero-order valence-electron chi connectivity index (χ0n) is 8.88. The van der Waals surface area contributed by atoms with Gasteiger partial charge < -0.3 is 15.0 Å². The van der Waals surface area contributed by atoms with Gasteiger partial charge in [0.1, 0.15) is 6.54 Å². The van der Waals surface area contributed by atoms with Crippen LogP contribution in [0.15, 0.2) is 30.3 Å². The number of hydrogen-bond donors (Lipinski definition) is 1. The number of rotatable bonds is 4. The van der Waals surface area contributed by atoms with E-state index in [0.717, 1.165) is 5.56 Å². The van der Waals surface area contributed by atoms with E-state index in [9.17, 15) is 10.0 Å². The lowest BCUT2D eigenvalue weighted by molar-refractivity contribution is -0.889. The molecular weight excluding hydrogens is 194 g/mol. The number of aliphatic carboxylic acids is 1. The fourth-order valence-corrected chi connectivity index (χ4v) is 1.32. The van der Waals surface area contributed by atoms with E-state index >= 15 is 0 Å². The third-order valence-electron chi connectivity index (χ3n) is 2.52. The number of benzene rings is 1. The molecule has 1 rings (SSSR count). The molecule has 0 saturated heterocycles. The lowest BCUT2D eigenvalue weighted by atomic mass is 10.2. The van der Waals surface area contributed by atoms with E-state index in [0.29, 0.717) is 0 Å². The maximum absolute atomic E-state index is 12.0. The number of likely N-dealkylation sites (N-methyl/N-ethyl adjacent to an activating group) is 1. The van der Waals surface area contributed by atoms with E-state index in [1.807, 2.05) is 30.3 Å². The Kier molecular flexibility index (Phi) is 3.44. The Hall–Kier alpha value is -1.39. The van der Waals surface area contributed by atoms with Crippen molar-refractivity contribution in [2.45, 2.75) is 19.5 Å². The molecule has 0 saturated carbocycles. The van der Waals surface area contributed by atoms with Crippen LogP contribution in [0.2, 0.25) is 0 Å². The van der Waals surface area contributed by atoms with Crippen molar-refractivity contribution in [3.8, 4) is 0 Å². The maximum Gasteiger partial charge on any atom is 0.362 e. The predicted octanol–water partition coefficient (Wildman–Crippen LogP) is 1.60. The Bertz CT molecular complexity index is 335. The van der Waals surface area contributed by atoms with Gasteiger partial charge in [0.25, 0.3) is 0 Å². The van der Waals surface area contributed by atoms with Gasteiger partial charge in [0, 0.05) is 5.56 Å². The molecule has 0 aliphatic rings. The van der Waals surface area contributed by atoms with Crippen LogP contribution >= 0.6 is 0 Å². The number of nitrogens with zero attached hydrogens (tertiary/aromatic N) is 1. The number of quaternary nitrogens is 1. The second-order valence-electron chi connectivity index (χ2n) is 3.83. The van der Waals surface area contributed by atoms with E-state index in [4.69, 9.17) is 5.11 Å². The molecule has 0 bridgehead atoms. The van der Waals surface area contributed by atoms with E-state index in [1.165, 1.54) is 14.0 Å². The summed E-state index contributed by atoms with van der Waals surface area (Å²) in [6, 6.07) is 8.22. The minimum absolute atomic E-state index is 0.175. The van der Waals surface area contributed by atoms with Gasteiger partial charge in [-0.05, 0) is 6.92 Å². The molecule has 1 aromatic rings. The summed E-state index contributed by atoms with van der Waals surface area (Å²) in [5.41, 5.74) is 0.850. The SMILES string of the molecule is C[C@H](C(=O)O)[N+](C)([O-])Cc1ccccc1. The number of hydroxylamine groups is 3. The lowest BCUT2D eigenvalue weighted by Crippen LogP contribution is -2.49. The second-order valence-corrected chi connectivity index (χ2v) is 3.83. The minimum Gasteiger partial charge on any atom is -0.632 e. The molecule has 1 aromatic carbocycles. The van der Waals surface area contributed by atoms with Crippen molar-refractivity contribution in [2.75, 3.05) is 7.05 Å². The molecule has 0 amide bonds. The van der Waals surface area contributed by atoms with Gasteiger partial charge in [-0.2, -0.15) is 0 Å². The maximum atomic E-state index is 12.0. The zero-order chi connectivity index (χ0) is 11.5. The molecule has 4 heteroatoms. The van der Waals surface area contributed by atoms with Crippen LogP contribution in [0, 0.1) is 5.21 Å². The summed E-state index contributed by atoms with van der Waals surface area (Å²) in [6.07, 6.45) is 0. The largest absolute Gasteiger partial charge is 0.632 e. The van der Waals surface area contributed by atoms with E-state index in [1.54, 1.807) is 0 Å². The quantitative estimate of drug-likeness (QED) is 0.605. The molecule has 0 radical (unpaired) electrons. The molecule has 0 spiro atoms. The van der Waals surface area contributed by atoms with Crippen molar-refractivity contribution >= 4 is 5.97 Å². The van der Waals surface area contributed by atoms with Crippen molar-refractivity contribution in [2.24, 2.45) is 0 Å². The van der Waals surface area contributed by atoms with Crippen LogP contribution in [0.4, 0.5) is 0 Å². The van der Waals surface area contributed by atoms with Crippen LogP contribution in [0.3, 0.4) is 0 Å². The van der Waals surface area contributed by atoms with Gasteiger partial charge in [-0.3, -0.25) is 0 Å². The Morgan fingerprint density at radius 2 is 2.00 bits per heavy atom. The topological polar surface area (TPSA) is 60.4 Å². The van der Waals surface area contributed by atoms with E-state index < -0.39 is 16.7 Å². The highest BCUT2D eigenvalue weighted by atomic mass is 16.5. The van der Waals surface area contributed by atoms with Crippen molar-refractivity contribution in [1.82, 2.24) is 0 Å². The standard InChI is InChI=1S/C11H15NO3/c1-9(11(13)14)12(2,15)8-10-6-4-3-5-7-10/h3-7,9H,8H2,1-2H3,(H,13,14)/t9-,12?/m1/s1. The fourth-order valence-electron chi connectivity index (χ4n) is 1.32. The summed E-state index contributed by atoms with van der Waals surface area (Å²) in [7, 11) is 1.38. The molecule has 0 fully saturated rings. The molecule has 0 aromatic heterocycles. The van der Waals surface area contributed by atoms with Crippen molar-refractivity contribution in [3.63, 3.8) is 0 Å². The van der Waals surface area contributed by atoms with E-state index in [2.05, 4.69) is 0 Å². The molecule has 1 unspecified atom stereocenters. The van der Waals surface area contributed by atoms with Crippen LogP contribution in [-0.2, 0) is 11.3 Å². The fraction of sp³-hybridized carbons (Fsp3) is 0.364. The van der Waals surface area contributed by atoms with Crippen molar-refractivity contribution in [1.29, 1.82) is 0 Å². The minimum atomic E-state index is -1.07. The van der Waals surface area contributed by atoms with Gasteiger partial charge in [-0.15, -0.1) is 0 Å². The van der Waals surface area contributed by atoms with Crippen molar-refractivity contribution < 1.29 is 14.5 Å². The Labute approximate surface area is 88.9 Å². The molecule has 0 aliphatic carbocycles. The third kappa shape index (κ3) is 3.04. The van der Waals surface area contributed by atoms with Gasteiger partial charge in [0.15, 0.2) is 6.04 Å². The molecule has 82 valence electrons. The monoisotopic (exact) mass is 209 g/mol. The Morgan fingerprint density at radius 3 is 2.47 bits per heavy atom. The second kappa shape index (κ2) is 4.42. The van der Waals surface area contributed by atoms with Gasteiger partial charge in [0.2, 0.25) is 0 Å². The van der Waals surface area contributed by atoms with Crippen LogP contribution < -0.4 is 0 Å². The summed E-state index contributed by atoms with van der Waals surface area (Å²) in [6.45, 7) is 1.60. The van der Waals surface area contributed by atoms with Crippen LogP contribution in [0.1, 0.15) is 12.5 Å². The predicted molar refractivity (Wildman–Crippen MR) is 56.8 cm³/mol. The highest BCUT2D eigenvalue weighted by molar-refractivity contribution is 5.71. The summed E-state index contributed by atoms with van der Waals surface area (Å²) in [4.78, 5) is 10.7. The van der Waals surface area contributed by atoms with Crippen LogP contribution in [-0.4, -0.2) is 28.8 Å². The Balaban J connectivity index is 2.76. The van der Waals surface area contributed by atoms with Crippen LogP contribution in [0.5, 0.6) is 0 Å².